The van der Waals surface area contributed by atoms with Gasteiger partial charge in [-0.25, -0.2) is 0 Å². The molecule has 0 aromatic heterocycles. The summed E-state index contributed by atoms with van der Waals surface area (Å²) in [6, 6.07) is 9.05. The van der Waals surface area contributed by atoms with Gasteiger partial charge in [0, 0.05) is 37.3 Å². The van der Waals surface area contributed by atoms with E-state index in [1.807, 2.05) is 0 Å². The fourth-order valence-electron chi connectivity index (χ4n) is 3.76. The molecule has 1 saturated carbocycles. The molecule has 1 aromatic rings. The molecule has 1 N–H and O–H groups in total. The Labute approximate surface area is 145 Å². The van der Waals surface area contributed by atoms with Crippen LogP contribution in [0.4, 0.5) is 5.69 Å². The number of hydrogen-bond acceptors (Lipinski definition) is 3. The van der Waals surface area contributed by atoms with Crippen molar-refractivity contribution in [3.63, 3.8) is 0 Å². The lowest BCUT2D eigenvalue weighted by Gasteiger charge is -2.32. The van der Waals surface area contributed by atoms with Crippen molar-refractivity contribution in [1.29, 1.82) is 0 Å². The first-order chi connectivity index (χ1) is 11.6. The molecule has 1 amide bonds. The molecule has 1 aliphatic heterocycles. The molecule has 2 aliphatic rings. The van der Waals surface area contributed by atoms with Crippen molar-refractivity contribution in [3.05, 3.63) is 42.0 Å². The summed E-state index contributed by atoms with van der Waals surface area (Å²) in [5, 5.41) is 3.15. The van der Waals surface area contributed by atoms with Crippen LogP contribution in [0.5, 0.6) is 0 Å². The minimum atomic E-state index is 0.164. The topological polar surface area (TPSA) is 35.6 Å². The maximum atomic E-state index is 12.5. The van der Waals surface area contributed by atoms with Crippen molar-refractivity contribution >= 4 is 11.6 Å². The number of carbonyl (C=O) groups excluding carboxylic acids is 1. The van der Waals surface area contributed by atoms with E-state index in [0.29, 0.717) is 12.6 Å². The average molecular weight is 327 g/mol. The van der Waals surface area contributed by atoms with E-state index in [2.05, 4.69) is 65.6 Å². The molecule has 24 heavy (non-hydrogen) atoms. The van der Waals surface area contributed by atoms with E-state index < -0.39 is 0 Å². The zero-order valence-electron chi connectivity index (χ0n) is 14.9. The van der Waals surface area contributed by atoms with Gasteiger partial charge in [0.1, 0.15) is 0 Å². The van der Waals surface area contributed by atoms with E-state index >= 15 is 0 Å². The first-order valence-electron chi connectivity index (χ1n) is 9.06. The van der Waals surface area contributed by atoms with Crippen LogP contribution in [0.25, 0.3) is 0 Å². The summed E-state index contributed by atoms with van der Waals surface area (Å²) in [4.78, 5) is 17.1. The number of nitrogens with zero attached hydrogens (tertiary/aromatic N) is 2. The number of rotatable bonds is 5. The van der Waals surface area contributed by atoms with Gasteiger partial charge in [-0.3, -0.25) is 4.79 Å². The molecule has 1 heterocycles. The SMILES string of the molecule is CN(C)[C@@H]1CCC[C@H](C(=O)NCc2cccc(N3CC=CC3)c2)C1. The highest BCUT2D eigenvalue weighted by Gasteiger charge is 2.28. The summed E-state index contributed by atoms with van der Waals surface area (Å²) < 4.78 is 0. The Bertz CT molecular complexity index is 588. The van der Waals surface area contributed by atoms with Gasteiger partial charge in [0.25, 0.3) is 0 Å². The van der Waals surface area contributed by atoms with Gasteiger partial charge in [-0.15, -0.1) is 0 Å². The molecule has 4 heteroatoms. The second-order valence-corrected chi connectivity index (χ2v) is 7.25. The monoisotopic (exact) mass is 327 g/mol. The summed E-state index contributed by atoms with van der Waals surface area (Å²) in [5.41, 5.74) is 2.41. The second kappa shape index (κ2) is 7.84. The van der Waals surface area contributed by atoms with Crippen LogP contribution in [0.3, 0.4) is 0 Å². The molecule has 0 radical (unpaired) electrons. The Morgan fingerprint density at radius 1 is 1.25 bits per heavy atom. The summed E-state index contributed by atoms with van der Waals surface area (Å²) in [6.07, 6.45) is 8.76. The minimum absolute atomic E-state index is 0.164. The van der Waals surface area contributed by atoms with Crippen molar-refractivity contribution in [2.24, 2.45) is 5.92 Å². The van der Waals surface area contributed by atoms with Crippen LogP contribution in [0.1, 0.15) is 31.2 Å². The van der Waals surface area contributed by atoms with Crippen LogP contribution in [0.15, 0.2) is 36.4 Å². The fourth-order valence-corrected chi connectivity index (χ4v) is 3.76. The van der Waals surface area contributed by atoms with Crippen LogP contribution in [0.2, 0.25) is 0 Å². The molecular weight excluding hydrogens is 298 g/mol. The second-order valence-electron chi connectivity index (χ2n) is 7.25. The molecule has 0 spiro atoms. The van der Waals surface area contributed by atoms with Crippen LogP contribution in [0, 0.1) is 5.92 Å². The minimum Gasteiger partial charge on any atom is -0.364 e. The lowest BCUT2D eigenvalue weighted by atomic mass is 9.84. The Kier molecular flexibility index (Phi) is 5.56. The van der Waals surface area contributed by atoms with E-state index in [9.17, 15) is 4.79 Å². The highest BCUT2D eigenvalue weighted by molar-refractivity contribution is 5.78. The summed E-state index contributed by atoms with van der Waals surface area (Å²) in [5.74, 6) is 0.381. The normalized spacial score (nSPS) is 23.7. The molecule has 1 fully saturated rings. The molecular formula is C20H29N3O. The molecule has 2 atom stereocenters. The zero-order chi connectivity index (χ0) is 16.9. The Hall–Kier alpha value is -1.81. The van der Waals surface area contributed by atoms with Gasteiger partial charge >= 0.3 is 0 Å². The van der Waals surface area contributed by atoms with E-state index in [1.54, 1.807) is 0 Å². The molecule has 0 saturated heterocycles. The van der Waals surface area contributed by atoms with E-state index in [1.165, 1.54) is 17.7 Å². The Balaban J connectivity index is 1.53. The lowest BCUT2D eigenvalue weighted by molar-refractivity contribution is -0.126. The number of anilines is 1. The van der Waals surface area contributed by atoms with Crippen molar-refractivity contribution in [1.82, 2.24) is 10.2 Å². The summed E-state index contributed by atoms with van der Waals surface area (Å²) in [7, 11) is 4.23. The number of benzene rings is 1. The van der Waals surface area contributed by atoms with Crippen LogP contribution in [-0.2, 0) is 11.3 Å². The third-order valence-corrected chi connectivity index (χ3v) is 5.31. The number of carbonyl (C=O) groups is 1. The highest BCUT2D eigenvalue weighted by atomic mass is 16.1. The van der Waals surface area contributed by atoms with Crippen molar-refractivity contribution in [2.45, 2.75) is 38.3 Å². The Morgan fingerprint density at radius 2 is 2.04 bits per heavy atom. The molecule has 4 nitrogen and oxygen atoms in total. The maximum Gasteiger partial charge on any atom is 0.223 e. The molecule has 1 aliphatic carbocycles. The fraction of sp³-hybridized carbons (Fsp3) is 0.550. The van der Waals surface area contributed by atoms with Gasteiger partial charge < -0.3 is 15.1 Å². The quantitative estimate of drug-likeness (QED) is 0.845. The molecule has 3 rings (SSSR count). The maximum absolute atomic E-state index is 12.5. The van der Waals surface area contributed by atoms with Gasteiger partial charge in [-0.2, -0.15) is 0 Å². The summed E-state index contributed by atoms with van der Waals surface area (Å²) >= 11 is 0. The Morgan fingerprint density at radius 3 is 2.79 bits per heavy atom. The molecule has 130 valence electrons. The zero-order valence-corrected chi connectivity index (χ0v) is 14.9. The van der Waals surface area contributed by atoms with Crippen LogP contribution >= 0.6 is 0 Å². The van der Waals surface area contributed by atoms with Crippen LogP contribution < -0.4 is 10.2 Å². The van der Waals surface area contributed by atoms with E-state index in [4.69, 9.17) is 0 Å². The lowest BCUT2D eigenvalue weighted by Crippen LogP contribution is -2.39. The standard InChI is InChI=1S/C20H29N3O/c1-22(2)18-9-6-8-17(14-18)20(24)21-15-16-7-5-10-19(13-16)23-11-3-4-12-23/h3-5,7,10,13,17-18H,6,8-9,11-12,14-15H2,1-2H3,(H,21,24)/t17-,18+/m0/s1. The molecule has 0 bridgehead atoms. The smallest absolute Gasteiger partial charge is 0.223 e. The van der Waals surface area contributed by atoms with Gasteiger partial charge in [0.05, 0.1) is 0 Å². The largest absolute Gasteiger partial charge is 0.364 e. The predicted molar refractivity (Wildman–Crippen MR) is 99.1 cm³/mol. The average Bonchev–Trinajstić information content (AvgIpc) is 3.15. The van der Waals surface area contributed by atoms with Gasteiger partial charge in [-0.1, -0.05) is 30.7 Å². The van der Waals surface area contributed by atoms with Crippen molar-refractivity contribution in [3.8, 4) is 0 Å². The molecule has 0 unspecified atom stereocenters. The number of hydrogen-bond donors (Lipinski definition) is 1. The summed E-state index contributed by atoms with van der Waals surface area (Å²) in [6.45, 7) is 2.57. The third-order valence-electron chi connectivity index (χ3n) is 5.31. The predicted octanol–water partition coefficient (Wildman–Crippen LogP) is 2.80. The number of amides is 1. The van der Waals surface area contributed by atoms with Gasteiger partial charge in [0.2, 0.25) is 5.91 Å². The number of nitrogens with one attached hydrogen (secondary N) is 1. The first kappa shape index (κ1) is 17.0. The van der Waals surface area contributed by atoms with Crippen molar-refractivity contribution in [2.75, 3.05) is 32.1 Å². The van der Waals surface area contributed by atoms with Crippen LogP contribution in [-0.4, -0.2) is 44.0 Å². The van der Waals surface area contributed by atoms with E-state index in [0.717, 1.165) is 32.4 Å². The first-order valence-corrected chi connectivity index (χ1v) is 9.06. The van der Waals surface area contributed by atoms with E-state index in [-0.39, 0.29) is 11.8 Å². The highest BCUT2D eigenvalue weighted by Crippen LogP contribution is 2.27. The third kappa shape index (κ3) is 4.18. The van der Waals surface area contributed by atoms with Gasteiger partial charge in [-0.05, 0) is 51.1 Å². The molecule has 1 aromatic carbocycles. The van der Waals surface area contributed by atoms with Crippen molar-refractivity contribution < 1.29 is 4.79 Å². The van der Waals surface area contributed by atoms with Gasteiger partial charge in [0.15, 0.2) is 0 Å².